The fourth-order valence-electron chi connectivity index (χ4n) is 11.6. The van der Waals surface area contributed by atoms with Gasteiger partial charge in [0.05, 0.1) is 0 Å². The zero-order chi connectivity index (χ0) is 25.4. The number of ether oxygens (including phenoxy) is 1. The molecule has 2 heteroatoms. The van der Waals surface area contributed by atoms with Crippen LogP contribution < -0.4 is 0 Å². The van der Waals surface area contributed by atoms with E-state index >= 15 is 0 Å². The van der Waals surface area contributed by atoms with E-state index in [-0.39, 0.29) is 12.1 Å². The Labute approximate surface area is 216 Å². The van der Waals surface area contributed by atoms with Gasteiger partial charge in [-0.15, -0.1) is 0 Å². The zero-order valence-corrected chi connectivity index (χ0v) is 24.2. The molecule has 0 aromatic heterocycles. The van der Waals surface area contributed by atoms with Crippen molar-refractivity contribution in [1.82, 2.24) is 0 Å². The highest BCUT2D eigenvalue weighted by atomic mass is 16.5. The zero-order valence-electron chi connectivity index (χ0n) is 24.2. The Morgan fingerprint density at radius 2 is 1.69 bits per heavy atom. The van der Waals surface area contributed by atoms with Crippen molar-refractivity contribution >= 4 is 5.97 Å². The molecule has 5 fully saturated rings. The Morgan fingerprint density at radius 1 is 0.943 bits per heavy atom. The first-order valence-corrected chi connectivity index (χ1v) is 15.3. The number of carbonyl (C=O) groups is 1. The third-order valence-electron chi connectivity index (χ3n) is 13.6. The van der Waals surface area contributed by atoms with E-state index < -0.39 is 0 Å². The lowest BCUT2D eigenvalue weighted by Gasteiger charge is -2.62. The highest BCUT2D eigenvalue weighted by molar-refractivity contribution is 5.66. The molecule has 198 valence electrons. The van der Waals surface area contributed by atoms with Crippen LogP contribution in [0.5, 0.6) is 0 Å². The summed E-state index contributed by atoms with van der Waals surface area (Å²) in [5, 5.41) is 0. The largest absolute Gasteiger partial charge is 0.462 e. The van der Waals surface area contributed by atoms with Crippen LogP contribution in [0.2, 0.25) is 0 Å². The van der Waals surface area contributed by atoms with Crippen LogP contribution in [0.25, 0.3) is 0 Å². The Hall–Kier alpha value is -0.790. The maximum Gasteiger partial charge on any atom is 0.302 e. The lowest BCUT2D eigenvalue weighted by atomic mass is 9.43. The molecule has 5 rings (SSSR count). The van der Waals surface area contributed by atoms with Gasteiger partial charge in [-0.3, -0.25) is 4.79 Å². The van der Waals surface area contributed by atoms with Gasteiger partial charge >= 0.3 is 5.97 Å². The van der Waals surface area contributed by atoms with Gasteiger partial charge in [-0.05, 0) is 127 Å². The van der Waals surface area contributed by atoms with Crippen LogP contribution in [0.15, 0.2) is 12.2 Å². The van der Waals surface area contributed by atoms with Crippen LogP contribution in [0, 0.1) is 63.1 Å². The van der Waals surface area contributed by atoms with Crippen molar-refractivity contribution in [2.45, 2.75) is 126 Å². The summed E-state index contributed by atoms with van der Waals surface area (Å²) in [4.78, 5) is 11.7. The predicted octanol–water partition coefficient (Wildman–Crippen LogP) is 8.84. The van der Waals surface area contributed by atoms with Crippen molar-refractivity contribution < 1.29 is 9.53 Å². The van der Waals surface area contributed by atoms with Crippen LogP contribution >= 0.6 is 0 Å². The summed E-state index contributed by atoms with van der Waals surface area (Å²) in [6.07, 6.45) is 19.0. The fraction of sp³-hybridized carbons (Fsp3) is 0.909. The van der Waals surface area contributed by atoms with E-state index in [0.29, 0.717) is 33.5 Å². The lowest BCUT2D eigenvalue weighted by molar-refractivity contribution is -0.164. The second-order valence-corrected chi connectivity index (χ2v) is 14.8. The molecule has 0 heterocycles. The number of esters is 1. The molecule has 0 radical (unpaired) electrons. The molecule has 35 heavy (non-hydrogen) atoms. The summed E-state index contributed by atoms with van der Waals surface area (Å²) in [5.41, 5.74) is 2.12. The molecule has 0 aromatic carbocycles. The Balaban J connectivity index is 1.36. The summed E-state index contributed by atoms with van der Waals surface area (Å²) >= 11 is 0. The quantitative estimate of drug-likeness (QED) is 0.279. The minimum Gasteiger partial charge on any atom is -0.462 e. The number of rotatable bonds is 6. The molecule has 0 N–H and O–H groups in total. The molecule has 2 spiro atoms. The molecule has 0 aliphatic heterocycles. The predicted molar refractivity (Wildman–Crippen MR) is 145 cm³/mol. The SMILES string of the molecule is CC[C@H](/C=C/[C@@H](C)[C@H]1CC[C@@]2(C)[C@@H]3CC[C@H]4[C@H](C)[C@@H](OC(C)=O)CC[C@@]45C[C@@]35CC[C@]12C)C(C)C. The highest BCUT2D eigenvalue weighted by Gasteiger charge is 2.81. The lowest BCUT2D eigenvalue weighted by Crippen LogP contribution is -2.56. The second kappa shape index (κ2) is 8.62. The minimum absolute atomic E-state index is 0.0863. The summed E-state index contributed by atoms with van der Waals surface area (Å²) in [6, 6.07) is 0. The first-order chi connectivity index (χ1) is 16.5. The molecule has 0 bridgehead atoms. The molecule has 0 amide bonds. The topological polar surface area (TPSA) is 26.3 Å². The summed E-state index contributed by atoms with van der Waals surface area (Å²) in [6.45, 7) is 19.1. The van der Waals surface area contributed by atoms with Crippen LogP contribution in [-0.2, 0) is 9.53 Å². The average Bonchev–Trinajstić information content (AvgIpc) is 3.38. The maximum absolute atomic E-state index is 11.7. The summed E-state index contributed by atoms with van der Waals surface area (Å²) in [7, 11) is 0. The smallest absolute Gasteiger partial charge is 0.302 e. The van der Waals surface area contributed by atoms with E-state index in [2.05, 4.69) is 60.6 Å². The first kappa shape index (κ1) is 25.8. The summed E-state index contributed by atoms with van der Waals surface area (Å²) < 4.78 is 5.81. The van der Waals surface area contributed by atoms with E-state index in [1.54, 1.807) is 6.92 Å². The highest BCUT2D eigenvalue weighted by Crippen LogP contribution is 2.88. The van der Waals surface area contributed by atoms with Gasteiger partial charge in [0, 0.05) is 6.92 Å². The van der Waals surface area contributed by atoms with Gasteiger partial charge in [0.25, 0.3) is 0 Å². The molecule has 11 atom stereocenters. The van der Waals surface area contributed by atoms with Gasteiger partial charge < -0.3 is 4.74 Å². The van der Waals surface area contributed by atoms with Crippen molar-refractivity contribution in [3.05, 3.63) is 12.2 Å². The van der Waals surface area contributed by atoms with Gasteiger partial charge in [0.2, 0.25) is 0 Å². The van der Waals surface area contributed by atoms with E-state index in [1.165, 1.54) is 57.8 Å². The van der Waals surface area contributed by atoms with E-state index in [1.807, 2.05) is 0 Å². The van der Waals surface area contributed by atoms with Crippen molar-refractivity contribution in [3.8, 4) is 0 Å². The van der Waals surface area contributed by atoms with Crippen molar-refractivity contribution in [2.24, 2.45) is 63.1 Å². The second-order valence-electron chi connectivity index (χ2n) is 14.8. The normalized spacial score (nSPS) is 50.1. The van der Waals surface area contributed by atoms with Gasteiger partial charge in [0.1, 0.15) is 6.10 Å². The number of carbonyl (C=O) groups excluding carboxylic acids is 1. The molecule has 0 unspecified atom stereocenters. The van der Waals surface area contributed by atoms with Crippen molar-refractivity contribution in [3.63, 3.8) is 0 Å². The number of hydrogen-bond acceptors (Lipinski definition) is 2. The van der Waals surface area contributed by atoms with E-state index in [9.17, 15) is 4.79 Å². The van der Waals surface area contributed by atoms with Crippen LogP contribution in [-0.4, -0.2) is 12.1 Å². The first-order valence-electron chi connectivity index (χ1n) is 15.3. The van der Waals surface area contributed by atoms with Crippen LogP contribution in [0.4, 0.5) is 0 Å². The molecule has 0 aromatic rings. The molecule has 2 nitrogen and oxygen atoms in total. The van der Waals surface area contributed by atoms with Crippen molar-refractivity contribution in [2.75, 3.05) is 0 Å². The molecular formula is C33H54O2. The van der Waals surface area contributed by atoms with Crippen LogP contribution in [0.1, 0.15) is 120 Å². The summed E-state index contributed by atoms with van der Waals surface area (Å²) in [5.74, 6) is 5.10. The molecule has 5 aliphatic carbocycles. The number of fused-ring (bicyclic) bond motifs is 2. The molecular weight excluding hydrogens is 428 g/mol. The number of hydrogen-bond donors (Lipinski definition) is 0. The number of allylic oxidation sites excluding steroid dienone is 2. The molecule has 5 aliphatic rings. The average molecular weight is 483 g/mol. The molecule has 5 saturated carbocycles. The van der Waals surface area contributed by atoms with E-state index in [0.717, 1.165) is 36.0 Å². The van der Waals surface area contributed by atoms with Crippen molar-refractivity contribution in [1.29, 1.82) is 0 Å². The monoisotopic (exact) mass is 482 g/mol. The third kappa shape index (κ3) is 3.49. The van der Waals surface area contributed by atoms with Gasteiger partial charge in [-0.1, -0.05) is 60.6 Å². The standard InChI is InChI=1S/C33H54O2/c1-9-25(21(2)3)11-10-22(4)26-14-16-31(8)29-13-12-27-23(5)28(35-24(6)34)15-17-32(27)20-33(29,32)19-18-30(26,31)7/h10-11,21-23,25-29H,9,12-20H2,1-8H3/b11-10+/t22-,23+,25-,26-,27+,28+,29+,30-,31+,32-,33+/m1/s1. The van der Waals surface area contributed by atoms with Gasteiger partial charge in [0.15, 0.2) is 0 Å². The Morgan fingerprint density at radius 3 is 2.34 bits per heavy atom. The van der Waals surface area contributed by atoms with Crippen LogP contribution in [0.3, 0.4) is 0 Å². The fourth-order valence-corrected chi connectivity index (χ4v) is 11.6. The maximum atomic E-state index is 11.7. The molecule has 0 saturated heterocycles. The Kier molecular flexibility index (Phi) is 6.37. The van der Waals surface area contributed by atoms with Gasteiger partial charge in [-0.25, -0.2) is 0 Å². The third-order valence-corrected chi connectivity index (χ3v) is 13.6. The van der Waals surface area contributed by atoms with E-state index in [4.69, 9.17) is 4.74 Å². The van der Waals surface area contributed by atoms with Gasteiger partial charge in [-0.2, -0.15) is 0 Å². The Bertz CT molecular complexity index is 859. The minimum atomic E-state index is -0.0863.